The number of rotatable bonds is 5. The first kappa shape index (κ1) is 23.5. The molecule has 7 nitrogen and oxygen atoms in total. The molecule has 0 aliphatic carbocycles. The fourth-order valence-electron chi connectivity index (χ4n) is 4.01. The SMILES string of the molecule is Cc1ccc(C(=O)N2CCCC2C(=O)NCC(F)(F)F)cc1S(=O)(=O)N1CCCCC1. The van der Waals surface area contributed by atoms with Gasteiger partial charge in [-0.25, -0.2) is 8.42 Å². The van der Waals surface area contributed by atoms with E-state index in [-0.39, 0.29) is 23.4 Å². The van der Waals surface area contributed by atoms with Gasteiger partial charge in [-0.3, -0.25) is 9.59 Å². The molecule has 1 aromatic carbocycles. The van der Waals surface area contributed by atoms with Crippen molar-refractivity contribution in [3.8, 4) is 0 Å². The minimum absolute atomic E-state index is 0.0394. The van der Waals surface area contributed by atoms with E-state index in [2.05, 4.69) is 0 Å². The second kappa shape index (κ2) is 9.15. The van der Waals surface area contributed by atoms with Crippen molar-refractivity contribution in [3.63, 3.8) is 0 Å². The Hall–Kier alpha value is -2.14. The van der Waals surface area contributed by atoms with Crippen molar-refractivity contribution in [2.45, 2.75) is 56.1 Å². The molecule has 3 rings (SSSR count). The first-order valence-electron chi connectivity index (χ1n) is 10.3. The minimum atomic E-state index is -4.54. The highest BCUT2D eigenvalue weighted by molar-refractivity contribution is 7.89. The molecule has 1 N–H and O–H groups in total. The Bertz CT molecular complexity index is 943. The lowest BCUT2D eigenvalue weighted by Gasteiger charge is -2.27. The fourth-order valence-corrected chi connectivity index (χ4v) is 5.78. The Morgan fingerprint density at radius 2 is 1.77 bits per heavy atom. The van der Waals surface area contributed by atoms with Gasteiger partial charge in [0.1, 0.15) is 12.6 Å². The summed E-state index contributed by atoms with van der Waals surface area (Å²) in [5, 5.41) is 1.83. The summed E-state index contributed by atoms with van der Waals surface area (Å²) in [7, 11) is -3.77. The van der Waals surface area contributed by atoms with Crippen LogP contribution in [0.4, 0.5) is 13.2 Å². The molecule has 0 radical (unpaired) electrons. The van der Waals surface area contributed by atoms with Gasteiger partial charge in [-0.1, -0.05) is 12.5 Å². The number of carbonyl (C=O) groups is 2. The number of likely N-dealkylation sites (tertiary alicyclic amines) is 1. The number of sulfonamides is 1. The number of halogens is 3. The molecule has 2 aliphatic rings. The lowest BCUT2D eigenvalue weighted by atomic mass is 10.1. The zero-order chi connectivity index (χ0) is 22.8. The molecule has 11 heteroatoms. The van der Waals surface area contributed by atoms with E-state index < -0.39 is 40.6 Å². The monoisotopic (exact) mass is 461 g/mol. The van der Waals surface area contributed by atoms with Gasteiger partial charge in [0.15, 0.2) is 0 Å². The van der Waals surface area contributed by atoms with E-state index in [0.717, 1.165) is 19.3 Å². The number of piperidine rings is 1. The average Bonchev–Trinajstić information content (AvgIpc) is 3.22. The van der Waals surface area contributed by atoms with Gasteiger partial charge in [0.2, 0.25) is 15.9 Å². The van der Waals surface area contributed by atoms with Crippen molar-refractivity contribution >= 4 is 21.8 Å². The van der Waals surface area contributed by atoms with Gasteiger partial charge in [-0.2, -0.15) is 17.5 Å². The van der Waals surface area contributed by atoms with Crippen molar-refractivity contribution in [1.82, 2.24) is 14.5 Å². The third kappa shape index (κ3) is 5.38. The third-order valence-electron chi connectivity index (χ3n) is 5.65. The molecular formula is C20H26F3N3O4S. The molecule has 1 aromatic rings. The van der Waals surface area contributed by atoms with E-state index in [1.807, 2.05) is 5.32 Å². The smallest absolute Gasteiger partial charge is 0.345 e. The van der Waals surface area contributed by atoms with Crippen LogP contribution in [0.25, 0.3) is 0 Å². The van der Waals surface area contributed by atoms with Crippen molar-refractivity contribution < 1.29 is 31.2 Å². The summed E-state index contributed by atoms with van der Waals surface area (Å²) >= 11 is 0. The van der Waals surface area contributed by atoms with Crippen LogP contribution in [0.3, 0.4) is 0 Å². The Morgan fingerprint density at radius 3 is 2.42 bits per heavy atom. The maximum Gasteiger partial charge on any atom is 0.405 e. The summed E-state index contributed by atoms with van der Waals surface area (Å²) < 4.78 is 64.8. The van der Waals surface area contributed by atoms with Crippen molar-refractivity contribution in [2.24, 2.45) is 0 Å². The van der Waals surface area contributed by atoms with Gasteiger partial charge in [0.05, 0.1) is 4.90 Å². The number of benzene rings is 1. The van der Waals surface area contributed by atoms with Crippen LogP contribution >= 0.6 is 0 Å². The molecular weight excluding hydrogens is 435 g/mol. The highest BCUT2D eigenvalue weighted by Crippen LogP contribution is 2.27. The predicted molar refractivity (Wildman–Crippen MR) is 107 cm³/mol. The Morgan fingerprint density at radius 1 is 1.10 bits per heavy atom. The van der Waals surface area contributed by atoms with Crippen LogP contribution < -0.4 is 5.32 Å². The van der Waals surface area contributed by atoms with Gasteiger partial charge in [0, 0.05) is 25.2 Å². The highest BCUT2D eigenvalue weighted by atomic mass is 32.2. The van der Waals surface area contributed by atoms with Gasteiger partial charge in [-0.05, 0) is 50.3 Å². The molecule has 2 aliphatic heterocycles. The molecule has 0 aromatic heterocycles. The zero-order valence-electron chi connectivity index (χ0n) is 17.2. The molecule has 2 amide bonds. The maximum atomic E-state index is 13.1. The molecule has 2 saturated heterocycles. The quantitative estimate of drug-likeness (QED) is 0.730. The van der Waals surface area contributed by atoms with Crippen LogP contribution in [0.15, 0.2) is 23.1 Å². The summed E-state index contributed by atoms with van der Waals surface area (Å²) in [4.78, 5) is 26.5. The number of hydrogen-bond acceptors (Lipinski definition) is 4. The highest BCUT2D eigenvalue weighted by Gasteiger charge is 2.37. The van der Waals surface area contributed by atoms with Crippen molar-refractivity contribution in [3.05, 3.63) is 29.3 Å². The van der Waals surface area contributed by atoms with Gasteiger partial charge in [0.25, 0.3) is 5.91 Å². The normalized spacial score (nSPS) is 20.6. The van der Waals surface area contributed by atoms with Crippen LogP contribution in [0.2, 0.25) is 0 Å². The van der Waals surface area contributed by atoms with E-state index >= 15 is 0 Å². The molecule has 0 spiro atoms. The number of carbonyl (C=O) groups excluding carboxylic acids is 2. The minimum Gasteiger partial charge on any atom is -0.345 e. The van der Waals surface area contributed by atoms with Crippen LogP contribution in [-0.2, 0) is 14.8 Å². The standard InChI is InChI=1S/C20H26F3N3O4S/c1-14-7-8-15(12-17(14)31(29,30)25-9-3-2-4-10-25)19(28)26-11-5-6-16(26)18(27)24-13-20(21,22)23/h7-8,12,16H,2-6,9-11,13H2,1H3,(H,24,27). The van der Waals surface area contributed by atoms with Crippen molar-refractivity contribution in [1.29, 1.82) is 0 Å². The summed E-state index contributed by atoms with van der Waals surface area (Å²) in [6.07, 6.45) is -1.30. The molecule has 172 valence electrons. The Labute approximate surface area is 179 Å². The number of alkyl halides is 3. The molecule has 0 saturated carbocycles. The topological polar surface area (TPSA) is 86.8 Å². The number of amides is 2. The summed E-state index contributed by atoms with van der Waals surface area (Å²) in [6, 6.07) is 3.32. The number of nitrogens with zero attached hydrogens (tertiary/aromatic N) is 2. The van der Waals surface area contributed by atoms with Gasteiger partial charge in [-0.15, -0.1) is 0 Å². The van der Waals surface area contributed by atoms with E-state index in [9.17, 15) is 31.2 Å². The number of aryl methyl sites for hydroxylation is 1. The maximum absolute atomic E-state index is 13.1. The predicted octanol–water partition coefficient (Wildman–Crippen LogP) is 2.45. The molecule has 1 atom stereocenters. The number of hydrogen-bond donors (Lipinski definition) is 1. The number of nitrogens with one attached hydrogen (secondary N) is 1. The van der Waals surface area contributed by atoms with Gasteiger partial charge >= 0.3 is 6.18 Å². The summed E-state index contributed by atoms with van der Waals surface area (Å²) in [5.41, 5.74) is 0.597. The second-order valence-electron chi connectivity index (χ2n) is 7.93. The van der Waals surface area contributed by atoms with Gasteiger partial charge < -0.3 is 10.2 Å². The lowest BCUT2D eigenvalue weighted by Crippen LogP contribution is -2.48. The Balaban J connectivity index is 1.81. The Kier molecular flexibility index (Phi) is 6.95. The molecule has 0 bridgehead atoms. The second-order valence-corrected chi connectivity index (χ2v) is 9.84. The van der Waals surface area contributed by atoms with E-state index in [1.54, 1.807) is 13.0 Å². The summed E-state index contributed by atoms with van der Waals surface area (Å²) in [6.45, 7) is 1.24. The average molecular weight is 462 g/mol. The van der Waals surface area contributed by atoms with E-state index in [0.29, 0.717) is 25.1 Å². The fraction of sp³-hybridized carbons (Fsp3) is 0.600. The van der Waals surface area contributed by atoms with Crippen LogP contribution in [0.5, 0.6) is 0 Å². The molecule has 1 unspecified atom stereocenters. The van der Waals surface area contributed by atoms with E-state index in [4.69, 9.17) is 0 Å². The van der Waals surface area contributed by atoms with Crippen molar-refractivity contribution in [2.75, 3.05) is 26.2 Å². The first-order valence-corrected chi connectivity index (χ1v) is 11.7. The van der Waals surface area contributed by atoms with E-state index in [1.165, 1.54) is 21.3 Å². The van der Waals surface area contributed by atoms with Crippen LogP contribution in [0, 0.1) is 6.92 Å². The molecule has 2 heterocycles. The molecule has 2 fully saturated rings. The third-order valence-corrected chi connectivity index (χ3v) is 7.69. The lowest BCUT2D eigenvalue weighted by molar-refractivity contribution is -0.140. The van der Waals surface area contributed by atoms with Crippen LogP contribution in [0.1, 0.15) is 48.0 Å². The van der Waals surface area contributed by atoms with Crippen LogP contribution in [-0.4, -0.2) is 67.8 Å². The largest absolute Gasteiger partial charge is 0.405 e. The summed E-state index contributed by atoms with van der Waals surface area (Å²) in [5.74, 6) is -1.43. The first-order chi connectivity index (χ1) is 14.5. The molecule has 31 heavy (non-hydrogen) atoms. The zero-order valence-corrected chi connectivity index (χ0v) is 18.1.